The zero-order valence-electron chi connectivity index (χ0n) is 26.8. The Morgan fingerprint density at radius 2 is 1.82 bits per heavy atom. The lowest BCUT2D eigenvalue weighted by molar-refractivity contribution is 0.0272. The third kappa shape index (κ3) is 7.32. The molecule has 2 aromatic carbocycles. The minimum absolute atomic E-state index is 0.0313. The van der Waals surface area contributed by atoms with E-state index in [0.29, 0.717) is 12.2 Å². The van der Waals surface area contributed by atoms with Gasteiger partial charge in [0.2, 0.25) is 0 Å². The van der Waals surface area contributed by atoms with Crippen LogP contribution in [0.1, 0.15) is 72.6 Å². The molecule has 0 bridgehead atoms. The molecule has 1 aliphatic carbocycles. The number of β-amino-alcohol motifs (C(OH)–C–C–N with tert-alkyl or cyclic N) is 1. The summed E-state index contributed by atoms with van der Waals surface area (Å²) < 4.78 is 6.32. The van der Waals surface area contributed by atoms with Crippen molar-refractivity contribution < 1.29 is 14.6 Å². The lowest BCUT2D eigenvalue weighted by Gasteiger charge is -2.44. The van der Waals surface area contributed by atoms with Gasteiger partial charge in [0.25, 0.3) is 5.91 Å². The summed E-state index contributed by atoms with van der Waals surface area (Å²) in [4.78, 5) is 22.7. The van der Waals surface area contributed by atoms with Crippen molar-refractivity contribution in [3.05, 3.63) is 82.5 Å². The molecule has 0 radical (unpaired) electrons. The van der Waals surface area contributed by atoms with Crippen molar-refractivity contribution in [2.24, 2.45) is 0 Å². The molecule has 3 aromatic rings. The van der Waals surface area contributed by atoms with Gasteiger partial charge in [0.15, 0.2) is 0 Å². The molecule has 0 unspecified atom stereocenters. The van der Waals surface area contributed by atoms with Crippen molar-refractivity contribution in [3.63, 3.8) is 0 Å². The summed E-state index contributed by atoms with van der Waals surface area (Å²) in [6.45, 7) is 14.2. The summed E-state index contributed by atoms with van der Waals surface area (Å²) in [6.07, 6.45) is 5.52. The molecule has 44 heavy (non-hydrogen) atoms. The predicted molar refractivity (Wildman–Crippen MR) is 176 cm³/mol. The predicted octanol–water partition coefficient (Wildman–Crippen LogP) is 4.91. The number of nitrogen functional groups attached to an aromatic ring is 1. The number of ether oxygens (including phenoxy) is 1. The van der Waals surface area contributed by atoms with Crippen molar-refractivity contribution in [2.75, 3.05) is 45.1 Å². The first kappa shape index (κ1) is 32.1. The molecule has 2 heterocycles. The summed E-state index contributed by atoms with van der Waals surface area (Å²) in [5.41, 5.74) is 13.4. The van der Waals surface area contributed by atoms with E-state index in [-0.39, 0.29) is 36.0 Å². The molecule has 5 rings (SSSR count). The Morgan fingerprint density at radius 1 is 1.07 bits per heavy atom. The van der Waals surface area contributed by atoms with Crippen LogP contribution in [-0.4, -0.2) is 77.3 Å². The lowest BCUT2D eigenvalue weighted by Crippen LogP contribution is -2.53. The van der Waals surface area contributed by atoms with Crippen LogP contribution in [0.2, 0.25) is 0 Å². The number of aromatic nitrogens is 1. The van der Waals surface area contributed by atoms with Gasteiger partial charge >= 0.3 is 0 Å². The number of piperazine rings is 1. The molecule has 0 spiro atoms. The molecule has 2 fully saturated rings. The van der Waals surface area contributed by atoms with Gasteiger partial charge in [-0.15, -0.1) is 0 Å². The maximum atomic E-state index is 13.5. The highest BCUT2D eigenvalue weighted by atomic mass is 16.5. The minimum Gasteiger partial charge on any atom is -0.395 e. The van der Waals surface area contributed by atoms with Crippen LogP contribution in [0.25, 0.3) is 11.1 Å². The average Bonchev–Trinajstić information content (AvgIpc) is 3.48. The Morgan fingerprint density at radius 3 is 2.52 bits per heavy atom. The first-order valence-corrected chi connectivity index (χ1v) is 16.1. The molecule has 2 aliphatic rings. The Hall–Kier alpha value is -3.30. The fourth-order valence-electron chi connectivity index (χ4n) is 6.68. The third-order valence-corrected chi connectivity index (χ3v) is 9.69. The quantitative estimate of drug-likeness (QED) is 0.288. The van der Waals surface area contributed by atoms with Crippen molar-refractivity contribution >= 4 is 11.7 Å². The molecule has 1 saturated heterocycles. The van der Waals surface area contributed by atoms with Gasteiger partial charge < -0.3 is 20.9 Å². The first-order chi connectivity index (χ1) is 21.2. The number of hydrogen-bond acceptors (Lipinski definition) is 7. The molecule has 8 heteroatoms. The molecular formula is C36H49N5O3. The van der Waals surface area contributed by atoms with Gasteiger partial charge in [-0.1, -0.05) is 49.4 Å². The number of carbonyl (C=O) groups is 1. The number of aliphatic hydroxyl groups is 1. The summed E-state index contributed by atoms with van der Waals surface area (Å²) in [5, 5.41) is 12.5. The van der Waals surface area contributed by atoms with Crippen LogP contribution in [0, 0.1) is 6.92 Å². The van der Waals surface area contributed by atoms with E-state index < -0.39 is 0 Å². The summed E-state index contributed by atoms with van der Waals surface area (Å²) in [5.74, 6) is 0.0191. The molecule has 8 nitrogen and oxygen atoms in total. The number of anilines is 1. The summed E-state index contributed by atoms with van der Waals surface area (Å²) >= 11 is 0. The van der Waals surface area contributed by atoms with Gasteiger partial charge in [-0.05, 0) is 80.3 Å². The molecule has 2 atom stereocenters. The van der Waals surface area contributed by atoms with Crippen LogP contribution in [-0.2, 0) is 23.3 Å². The normalized spacial score (nSPS) is 19.8. The molecule has 4 N–H and O–H groups in total. The second kappa shape index (κ2) is 14.2. The fraction of sp³-hybridized carbons (Fsp3) is 0.500. The molecule has 236 valence electrons. The van der Waals surface area contributed by atoms with Crippen LogP contribution in [0.3, 0.4) is 0 Å². The van der Waals surface area contributed by atoms with Gasteiger partial charge in [-0.25, -0.2) is 4.98 Å². The topological polar surface area (TPSA) is 104 Å². The van der Waals surface area contributed by atoms with Crippen LogP contribution in [0.5, 0.6) is 0 Å². The van der Waals surface area contributed by atoms with Crippen molar-refractivity contribution in [1.29, 1.82) is 0 Å². The molecule has 1 aliphatic heterocycles. The zero-order valence-corrected chi connectivity index (χ0v) is 26.8. The number of aliphatic hydroxyl groups excluding tert-OH is 1. The summed E-state index contributed by atoms with van der Waals surface area (Å²) in [7, 11) is 0. The number of rotatable bonds is 11. The number of nitrogens with two attached hydrogens (primary N) is 1. The molecule has 1 saturated carbocycles. The average molecular weight is 600 g/mol. The highest BCUT2D eigenvalue weighted by Gasteiger charge is 2.32. The van der Waals surface area contributed by atoms with Crippen molar-refractivity contribution in [3.8, 4) is 11.1 Å². The monoisotopic (exact) mass is 599 g/mol. The number of carbonyl (C=O) groups excluding carboxylic acids is 1. The van der Waals surface area contributed by atoms with E-state index in [2.05, 4.69) is 90.3 Å². The SMILES string of the molecule is CCc1cc(CO[C@H]2CCC[C@@H]2NC(=O)c2cc(-c3ccc(C(C)(C)N4CCN(CCO)CC4)cc3)cnc2N)ccc1C. The Kier molecular flexibility index (Phi) is 10.4. The molecule has 1 amide bonds. The van der Waals surface area contributed by atoms with Gasteiger partial charge in [0.05, 0.1) is 30.9 Å². The van der Waals surface area contributed by atoms with E-state index >= 15 is 0 Å². The van der Waals surface area contributed by atoms with Crippen LogP contribution >= 0.6 is 0 Å². The maximum absolute atomic E-state index is 13.5. The van der Waals surface area contributed by atoms with Crippen molar-refractivity contribution in [1.82, 2.24) is 20.1 Å². The number of hydrogen-bond donors (Lipinski definition) is 3. The highest BCUT2D eigenvalue weighted by molar-refractivity contribution is 5.99. The van der Waals surface area contributed by atoms with Crippen LogP contribution < -0.4 is 11.1 Å². The van der Waals surface area contributed by atoms with E-state index in [9.17, 15) is 9.90 Å². The van der Waals surface area contributed by atoms with E-state index in [1.807, 2.05) is 6.07 Å². The number of aryl methyl sites for hydroxylation is 2. The van der Waals surface area contributed by atoms with Crippen LogP contribution in [0.15, 0.2) is 54.7 Å². The minimum atomic E-state index is -0.209. The van der Waals surface area contributed by atoms with Gasteiger partial charge in [0.1, 0.15) is 5.82 Å². The Bertz CT molecular complexity index is 1420. The summed E-state index contributed by atoms with van der Waals surface area (Å²) in [6, 6.07) is 16.8. The number of nitrogens with one attached hydrogen (secondary N) is 1. The zero-order chi connectivity index (χ0) is 31.3. The fourth-order valence-corrected chi connectivity index (χ4v) is 6.68. The molecular weight excluding hydrogens is 550 g/mol. The van der Waals surface area contributed by atoms with E-state index in [0.717, 1.165) is 69.5 Å². The third-order valence-electron chi connectivity index (χ3n) is 9.69. The van der Waals surface area contributed by atoms with E-state index in [4.69, 9.17) is 10.5 Å². The second-order valence-electron chi connectivity index (χ2n) is 12.8. The number of benzene rings is 2. The van der Waals surface area contributed by atoms with Gasteiger partial charge in [-0.2, -0.15) is 0 Å². The van der Waals surface area contributed by atoms with Crippen molar-refractivity contribution in [2.45, 2.75) is 77.7 Å². The molecule has 1 aromatic heterocycles. The van der Waals surface area contributed by atoms with Gasteiger partial charge in [-0.3, -0.25) is 14.6 Å². The first-order valence-electron chi connectivity index (χ1n) is 16.1. The number of nitrogens with zero attached hydrogens (tertiary/aromatic N) is 3. The smallest absolute Gasteiger partial charge is 0.255 e. The number of pyridine rings is 1. The standard InChI is InChI=1S/C36H49N5O3/c1-5-27-21-26(10-9-25(27)2)24-44-33-8-6-7-32(33)39-35(43)31-22-29(23-38-34(31)37)28-11-13-30(14-12-28)36(3,4)41-17-15-40(16-18-41)19-20-42/h9-14,21-23,32-33,42H,5-8,15-20,24H2,1-4H3,(H2,37,38)(H,39,43)/t32-,33-/m0/s1. The largest absolute Gasteiger partial charge is 0.395 e. The second-order valence-corrected chi connectivity index (χ2v) is 12.8. The van der Waals surface area contributed by atoms with Crippen LogP contribution in [0.4, 0.5) is 5.82 Å². The van der Waals surface area contributed by atoms with E-state index in [1.165, 1.54) is 22.3 Å². The Balaban J connectivity index is 1.22. The maximum Gasteiger partial charge on any atom is 0.255 e. The van der Waals surface area contributed by atoms with Gasteiger partial charge in [0, 0.05) is 50.0 Å². The highest BCUT2D eigenvalue weighted by Crippen LogP contribution is 2.31. The number of amides is 1. The Labute approximate surface area is 262 Å². The van der Waals surface area contributed by atoms with E-state index in [1.54, 1.807) is 6.20 Å². The lowest BCUT2D eigenvalue weighted by atomic mass is 9.90.